The number of anilines is 1. The molecule has 1 saturated heterocycles. The quantitative estimate of drug-likeness (QED) is 0.824. The molecule has 1 aromatic carbocycles. The molecule has 0 bridgehead atoms. The van der Waals surface area contributed by atoms with Gasteiger partial charge in [-0.25, -0.2) is 0 Å². The minimum Gasteiger partial charge on any atom is -0.495 e. The van der Waals surface area contributed by atoms with Gasteiger partial charge in [0.05, 0.1) is 19.3 Å². The molecule has 0 radical (unpaired) electrons. The standard InChI is InChI=1S/C20H25ClN4O2/c1-15-5-6-22-12-16(15)13-24-7-9-25(10-8-24)14-20(26)23-18-11-17(21)3-4-19(18)27-2/h3-6,11-12H,7-10,13-14H2,1-2H3,(H,23,26). The Morgan fingerprint density at radius 1 is 1.22 bits per heavy atom. The van der Waals surface area contributed by atoms with Gasteiger partial charge in [0, 0.05) is 50.1 Å². The lowest BCUT2D eigenvalue weighted by molar-refractivity contribution is -0.117. The van der Waals surface area contributed by atoms with Crippen molar-refractivity contribution in [2.24, 2.45) is 0 Å². The number of pyridine rings is 1. The van der Waals surface area contributed by atoms with Crippen LogP contribution in [0.25, 0.3) is 0 Å². The Bertz CT molecular complexity index is 791. The number of aryl methyl sites for hydroxylation is 1. The average molecular weight is 389 g/mol. The number of methoxy groups -OCH3 is 1. The summed E-state index contributed by atoms with van der Waals surface area (Å²) < 4.78 is 5.27. The van der Waals surface area contributed by atoms with E-state index in [1.54, 1.807) is 25.3 Å². The van der Waals surface area contributed by atoms with Crippen molar-refractivity contribution in [1.29, 1.82) is 0 Å². The van der Waals surface area contributed by atoms with Crippen molar-refractivity contribution < 1.29 is 9.53 Å². The molecule has 1 fully saturated rings. The lowest BCUT2D eigenvalue weighted by Crippen LogP contribution is -2.48. The third kappa shape index (κ3) is 5.42. The van der Waals surface area contributed by atoms with E-state index < -0.39 is 0 Å². The molecule has 6 nitrogen and oxygen atoms in total. The van der Waals surface area contributed by atoms with Crippen LogP contribution in [-0.2, 0) is 11.3 Å². The van der Waals surface area contributed by atoms with E-state index in [2.05, 4.69) is 27.0 Å². The second-order valence-electron chi connectivity index (χ2n) is 6.75. The maximum Gasteiger partial charge on any atom is 0.238 e. The highest BCUT2D eigenvalue weighted by molar-refractivity contribution is 6.31. The monoisotopic (exact) mass is 388 g/mol. The van der Waals surface area contributed by atoms with Crippen molar-refractivity contribution in [3.63, 3.8) is 0 Å². The number of rotatable bonds is 6. The molecule has 3 rings (SSSR count). The number of benzene rings is 1. The summed E-state index contributed by atoms with van der Waals surface area (Å²) in [7, 11) is 1.57. The van der Waals surface area contributed by atoms with Crippen LogP contribution < -0.4 is 10.1 Å². The van der Waals surface area contributed by atoms with Gasteiger partial charge < -0.3 is 10.1 Å². The Morgan fingerprint density at radius 2 is 1.96 bits per heavy atom. The van der Waals surface area contributed by atoms with Crippen LogP contribution in [0.4, 0.5) is 5.69 Å². The maximum atomic E-state index is 12.4. The van der Waals surface area contributed by atoms with Gasteiger partial charge >= 0.3 is 0 Å². The Hall–Kier alpha value is -2.15. The largest absolute Gasteiger partial charge is 0.495 e. The molecule has 0 atom stereocenters. The van der Waals surface area contributed by atoms with Crippen LogP contribution in [0.15, 0.2) is 36.7 Å². The SMILES string of the molecule is COc1ccc(Cl)cc1NC(=O)CN1CCN(Cc2cnccc2C)CC1. The van der Waals surface area contributed by atoms with Gasteiger partial charge in [-0.3, -0.25) is 19.6 Å². The van der Waals surface area contributed by atoms with Crippen LogP contribution in [0, 0.1) is 6.92 Å². The van der Waals surface area contributed by atoms with Crippen molar-refractivity contribution in [1.82, 2.24) is 14.8 Å². The fourth-order valence-electron chi connectivity index (χ4n) is 3.18. The van der Waals surface area contributed by atoms with Crippen molar-refractivity contribution in [3.05, 3.63) is 52.8 Å². The third-order valence-electron chi connectivity index (χ3n) is 4.81. The van der Waals surface area contributed by atoms with Gasteiger partial charge in [0.25, 0.3) is 0 Å². The number of aromatic nitrogens is 1. The first-order chi connectivity index (χ1) is 13.0. The number of piperazine rings is 1. The number of hydrogen-bond donors (Lipinski definition) is 1. The molecule has 2 aromatic rings. The van der Waals surface area contributed by atoms with E-state index in [9.17, 15) is 4.79 Å². The van der Waals surface area contributed by atoms with Gasteiger partial charge in [-0.1, -0.05) is 11.6 Å². The molecule has 1 amide bonds. The summed E-state index contributed by atoms with van der Waals surface area (Å²) in [6.07, 6.45) is 3.76. The smallest absolute Gasteiger partial charge is 0.238 e. The summed E-state index contributed by atoms with van der Waals surface area (Å²) in [5, 5.41) is 3.46. The summed E-state index contributed by atoms with van der Waals surface area (Å²) in [6, 6.07) is 7.23. The fraction of sp³-hybridized carbons (Fsp3) is 0.400. The Labute approximate surface area is 165 Å². The zero-order chi connectivity index (χ0) is 19.2. The van der Waals surface area contributed by atoms with E-state index in [0.717, 1.165) is 32.7 Å². The zero-order valence-electron chi connectivity index (χ0n) is 15.7. The molecule has 0 unspecified atom stereocenters. The second-order valence-corrected chi connectivity index (χ2v) is 7.18. The number of hydrogen-bond acceptors (Lipinski definition) is 5. The number of nitrogens with zero attached hydrogens (tertiary/aromatic N) is 3. The predicted molar refractivity (Wildman–Crippen MR) is 107 cm³/mol. The summed E-state index contributed by atoms with van der Waals surface area (Å²) >= 11 is 6.02. The summed E-state index contributed by atoms with van der Waals surface area (Å²) in [5.41, 5.74) is 3.12. The third-order valence-corrected chi connectivity index (χ3v) is 5.04. The topological polar surface area (TPSA) is 57.7 Å². The van der Waals surface area contributed by atoms with Gasteiger partial charge in [-0.05, 0) is 42.3 Å². The summed E-state index contributed by atoms with van der Waals surface area (Å²) in [6.45, 7) is 6.96. The maximum absolute atomic E-state index is 12.4. The molecule has 27 heavy (non-hydrogen) atoms. The van der Waals surface area contributed by atoms with Crippen molar-refractivity contribution in [2.45, 2.75) is 13.5 Å². The Balaban J connectivity index is 1.48. The second kappa shape index (κ2) is 9.17. The first-order valence-corrected chi connectivity index (χ1v) is 9.40. The van der Waals surface area contributed by atoms with Crippen LogP contribution in [0.2, 0.25) is 5.02 Å². The molecule has 1 aliphatic heterocycles. The van der Waals surface area contributed by atoms with E-state index >= 15 is 0 Å². The molecule has 1 N–H and O–H groups in total. The molecular formula is C20H25ClN4O2. The van der Waals surface area contributed by atoms with Crippen molar-refractivity contribution in [3.8, 4) is 5.75 Å². The number of carbonyl (C=O) groups excluding carboxylic acids is 1. The molecule has 144 valence electrons. The molecular weight excluding hydrogens is 364 g/mol. The van der Waals surface area contributed by atoms with E-state index in [0.29, 0.717) is 23.0 Å². The summed E-state index contributed by atoms with van der Waals surface area (Å²) in [4.78, 5) is 21.2. The molecule has 0 spiro atoms. The lowest BCUT2D eigenvalue weighted by Gasteiger charge is -2.34. The number of nitrogens with one attached hydrogen (secondary N) is 1. The number of ether oxygens (including phenoxy) is 1. The molecule has 7 heteroatoms. The van der Waals surface area contributed by atoms with E-state index in [-0.39, 0.29) is 5.91 Å². The van der Waals surface area contributed by atoms with E-state index in [1.165, 1.54) is 11.1 Å². The van der Waals surface area contributed by atoms with Crippen LogP contribution in [-0.4, -0.2) is 60.5 Å². The molecule has 0 aliphatic carbocycles. The van der Waals surface area contributed by atoms with Crippen LogP contribution in [0.1, 0.15) is 11.1 Å². The highest BCUT2D eigenvalue weighted by atomic mass is 35.5. The lowest BCUT2D eigenvalue weighted by atomic mass is 10.1. The van der Waals surface area contributed by atoms with E-state index in [1.807, 2.05) is 18.5 Å². The first-order valence-electron chi connectivity index (χ1n) is 9.03. The van der Waals surface area contributed by atoms with Gasteiger partial charge in [0.15, 0.2) is 0 Å². The van der Waals surface area contributed by atoms with Crippen LogP contribution >= 0.6 is 11.6 Å². The minimum absolute atomic E-state index is 0.0629. The highest BCUT2D eigenvalue weighted by Crippen LogP contribution is 2.27. The normalized spacial score (nSPS) is 15.5. The number of carbonyl (C=O) groups is 1. The van der Waals surface area contributed by atoms with E-state index in [4.69, 9.17) is 16.3 Å². The predicted octanol–water partition coefficient (Wildman–Crippen LogP) is 2.81. The fourth-order valence-corrected chi connectivity index (χ4v) is 3.35. The van der Waals surface area contributed by atoms with Crippen molar-refractivity contribution in [2.75, 3.05) is 45.2 Å². The zero-order valence-corrected chi connectivity index (χ0v) is 16.5. The van der Waals surface area contributed by atoms with Gasteiger partial charge in [0.2, 0.25) is 5.91 Å². The number of amides is 1. The minimum atomic E-state index is -0.0629. The van der Waals surface area contributed by atoms with Gasteiger partial charge in [0.1, 0.15) is 5.75 Å². The Morgan fingerprint density at radius 3 is 2.67 bits per heavy atom. The Kier molecular flexibility index (Phi) is 6.66. The molecule has 1 aromatic heterocycles. The van der Waals surface area contributed by atoms with Crippen molar-refractivity contribution >= 4 is 23.2 Å². The highest BCUT2D eigenvalue weighted by Gasteiger charge is 2.20. The van der Waals surface area contributed by atoms with Crippen LogP contribution in [0.3, 0.4) is 0 Å². The van der Waals surface area contributed by atoms with Crippen LogP contribution in [0.5, 0.6) is 5.75 Å². The van der Waals surface area contributed by atoms with Gasteiger partial charge in [-0.15, -0.1) is 0 Å². The average Bonchev–Trinajstić information content (AvgIpc) is 2.65. The van der Waals surface area contributed by atoms with Gasteiger partial charge in [-0.2, -0.15) is 0 Å². The summed E-state index contributed by atoms with van der Waals surface area (Å²) in [5.74, 6) is 0.538. The first kappa shape index (κ1) is 19.6. The molecule has 2 heterocycles. The molecule has 0 saturated carbocycles. The number of halogens is 1. The molecule has 1 aliphatic rings.